The molecule has 162 valence electrons. The largest absolute Gasteiger partial charge is 0.299 e. The normalized spacial score (nSPS) is 13.5. The molecule has 4 rings (SSSR count). The van der Waals surface area contributed by atoms with Crippen LogP contribution in [0.15, 0.2) is 66.9 Å². The summed E-state index contributed by atoms with van der Waals surface area (Å²) in [6.07, 6.45) is 1.56. The molecular formula is C23H17F2N3O3S. The summed E-state index contributed by atoms with van der Waals surface area (Å²) in [7, 11) is 0. The number of thioether (sulfide) groups is 1. The lowest BCUT2D eigenvalue weighted by molar-refractivity contribution is -0.125. The molecular weight excluding hydrogens is 436 g/mol. The molecule has 1 saturated heterocycles. The molecule has 0 aliphatic carbocycles. The van der Waals surface area contributed by atoms with Gasteiger partial charge in [-0.2, -0.15) is 0 Å². The van der Waals surface area contributed by atoms with Gasteiger partial charge < -0.3 is 0 Å². The van der Waals surface area contributed by atoms with Crippen LogP contribution in [0.5, 0.6) is 0 Å². The standard InChI is InChI=1S/C23H17F2N3O3S/c24-17-7-8-20(19(25)11-17)27(13-18-6-1-2-9-26-18)22(30)16-5-3-4-15(10-16)12-28-21(29)14-32-23(28)31/h1-11H,12-14H2. The van der Waals surface area contributed by atoms with E-state index >= 15 is 0 Å². The van der Waals surface area contributed by atoms with E-state index in [9.17, 15) is 23.2 Å². The molecule has 0 saturated carbocycles. The molecule has 0 radical (unpaired) electrons. The first-order chi connectivity index (χ1) is 15.4. The van der Waals surface area contributed by atoms with E-state index in [-0.39, 0.29) is 41.2 Å². The maximum atomic E-state index is 14.6. The SMILES string of the molecule is O=C1CSC(=O)N1Cc1cccc(C(=O)N(Cc2ccccn2)c2ccc(F)cc2F)c1. The monoisotopic (exact) mass is 453 g/mol. The Bertz CT molecular complexity index is 1170. The Balaban J connectivity index is 1.66. The van der Waals surface area contributed by atoms with Crippen molar-refractivity contribution in [2.24, 2.45) is 0 Å². The molecule has 9 heteroatoms. The molecule has 1 aliphatic heterocycles. The smallest absolute Gasteiger partial charge is 0.289 e. The Morgan fingerprint density at radius 3 is 2.59 bits per heavy atom. The summed E-state index contributed by atoms with van der Waals surface area (Å²) < 4.78 is 28.0. The lowest BCUT2D eigenvalue weighted by Crippen LogP contribution is -2.32. The Kier molecular flexibility index (Phi) is 6.27. The average Bonchev–Trinajstić information content (AvgIpc) is 3.10. The van der Waals surface area contributed by atoms with Crippen molar-refractivity contribution in [3.63, 3.8) is 0 Å². The second-order valence-electron chi connectivity index (χ2n) is 7.04. The third kappa shape index (κ3) is 4.67. The molecule has 1 aliphatic rings. The predicted molar refractivity (Wildman–Crippen MR) is 116 cm³/mol. The van der Waals surface area contributed by atoms with Gasteiger partial charge >= 0.3 is 0 Å². The molecule has 2 aromatic carbocycles. The number of imide groups is 1. The van der Waals surface area contributed by atoms with Crippen LogP contribution in [0.25, 0.3) is 0 Å². The van der Waals surface area contributed by atoms with Crippen LogP contribution in [-0.2, 0) is 17.9 Å². The van der Waals surface area contributed by atoms with Crippen LogP contribution in [0.4, 0.5) is 19.3 Å². The lowest BCUT2D eigenvalue weighted by Gasteiger charge is -2.23. The maximum Gasteiger partial charge on any atom is 0.289 e. The third-order valence-corrected chi connectivity index (χ3v) is 5.71. The van der Waals surface area contributed by atoms with Gasteiger partial charge in [0.15, 0.2) is 0 Å². The molecule has 6 nitrogen and oxygen atoms in total. The molecule has 0 bridgehead atoms. The van der Waals surface area contributed by atoms with Crippen molar-refractivity contribution in [2.45, 2.75) is 13.1 Å². The highest BCUT2D eigenvalue weighted by atomic mass is 32.2. The fourth-order valence-corrected chi connectivity index (χ4v) is 4.02. The summed E-state index contributed by atoms with van der Waals surface area (Å²) in [5, 5.41) is -0.336. The van der Waals surface area contributed by atoms with E-state index in [0.717, 1.165) is 22.7 Å². The zero-order valence-electron chi connectivity index (χ0n) is 16.7. The highest BCUT2D eigenvalue weighted by Gasteiger charge is 2.30. The number of carbonyl (C=O) groups excluding carboxylic acids is 3. The van der Waals surface area contributed by atoms with Gasteiger partial charge in [0.05, 0.1) is 30.2 Å². The zero-order valence-corrected chi connectivity index (χ0v) is 17.5. The number of pyridine rings is 1. The van der Waals surface area contributed by atoms with Crippen LogP contribution in [0.1, 0.15) is 21.6 Å². The summed E-state index contributed by atoms with van der Waals surface area (Å²) >= 11 is 0.932. The summed E-state index contributed by atoms with van der Waals surface area (Å²) in [6, 6.07) is 14.6. The first-order valence-electron chi connectivity index (χ1n) is 9.65. The van der Waals surface area contributed by atoms with Crippen LogP contribution in [0.3, 0.4) is 0 Å². The maximum absolute atomic E-state index is 14.6. The van der Waals surface area contributed by atoms with E-state index < -0.39 is 17.5 Å². The van der Waals surface area contributed by atoms with Crippen molar-refractivity contribution < 1.29 is 23.2 Å². The number of carbonyl (C=O) groups is 3. The molecule has 3 amide bonds. The third-order valence-electron chi connectivity index (χ3n) is 4.85. The number of hydrogen-bond acceptors (Lipinski definition) is 5. The van der Waals surface area contributed by atoms with Gasteiger partial charge in [-0.1, -0.05) is 30.0 Å². The Hall–Kier alpha value is -3.59. The first kappa shape index (κ1) is 21.6. The minimum absolute atomic E-state index is 0.0355. The van der Waals surface area contributed by atoms with Crippen LogP contribution in [0.2, 0.25) is 0 Å². The molecule has 0 unspecified atom stereocenters. The number of benzene rings is 2. The van der Waals surface area contributed by atoms with E-state index in [1.165, 1.54) is 11.0 Å². The van der Waals surface area contributed by atoms with Crippen molar-refractivity contribution >= 4 is 34.5 Å². The highest BCUT2D eigenvalue weighted by Crippen LogP contribution is 2.25. The molecule has 1 fully saturated rings. The van der Waals surface area contributed by atoms with Crippen molar-refractivity contribution in [3.05, 3.63) is 95.3 Å². The number of amides is 3. The molecule has 0 atom stereocenters. The van der Waals surface area contributed by atoms with Gasteiger partial charge in [-0.15, -0.1) is 0 Å². The molecule has 0 N–H and O–H groups in total. The Morgan fingerprint density at radius 1 is 1.06 bits per heavy atom. The van der Waals surface area contributed by atoms with E-state index in [1.807, 2.05) is 0 Å². The number of hydrogen-bond donors (Lipinski definition) is 0. The number of rotatable bonds is 6. The van der Waals surface area contributed by atoms with Gasteiger partial charge in [0.1, 0.15) is 11.6 Å². The number of aromatic nitrogens is 1. The van der Waals surface area contributed by atoms with E-state index in [0.29, 0.717) is 17.3 Å². The van der Waals surface area contributed by atoms with E-state index in [1.54, 1.807) is 48.7 Å². The van der Waals surface area contributed by atoms with Crippen molar-refractivity contribution in [3.8, 4) is 0 Å². The first-order valence-corrected chi connectivity index (χ1v) is 10.6. The zero-order chi connectivity index (χ0) is 22.7. The quantitative estimate of drug-likeness (QED) is 0.553. The predicted octanol–water partition coefficient (Wildman–Crippen LogP) is 4.40. The lowest BCUT2D eigenvalue weighted by atomic mass is 10.1. The van der Waals surface area contributed by atoms with Crippen LogP contribution < -0.4 is 4.90 Å². The number of anilines is 1. The van der Waals surface area contributed by atoms with Crippen LogP contribution in [0, 0.1) is 11.6 Å². The van der Waals surface area contributed by atoms with Crippen LogP contribution in [-0.4, -0.2) is 32.7 Å². The molecule has 32 heavy (non-hydrogen) atoms. The molecule has 2 heterocycles. The summed E-state index contributed by atoms with van der Waals surface area (Å²) in [5.74, 6) is -2.36. The molecule has 3 aromatic rings. The summed E-state index contributed by atoms with van der Waals surface area (Å²) in [4.78, 5) is 43.7. The van der Waals surface area contributed by atoms with E-state index in [2.05, 4.69) is 4.98 Å². The van der Waals surface area contributed by atoms with Gasteiger partial charge in [-0.3, -0.25) is 29.2 Å². The minimum Gasteiger partial charge on any atom is -0.299 e. The fraction of sp³-hybridized carbons (Fsp3) is 0.130. The average molecular weight is 453 g/mol. The Labute approximate surface area is 186 Å². The second-order valence-corrected chi connectivity index (χ2v) is 7.97. The van der Waals surface area contributed by atoms with Crippen molar-refractivity contribution in [1.29, 1.82) is 0 Å². The summed E-state index contributed by atoms with van der Waals surface area (Å²) in [6.45, 7) is 0.00310. The van der Waals surface area contributed by atoms with Gasteiger partial charge in [-0.25, -0.2) is 8.78 Å². The van der Waals surface area contributed by atoms with Gasteiger partial charge in [-0.05, 0) is 42.0 Å². The second kappa shape index (κ2) is 9.27. The fourth-order valence-electron chi connectivity index (χ4n) is 3.30. The topological polar surface area (TPSA) is 70.6 Å². The van der Waals surface area contributed by atoms with Gasteiger partial charge in [0, 0.05) is 17.8 Å². The van der Waals surface area contributed by atoms with Crippen molar-refractivity contribution in [1.82, 2.24) is 9.88 Å². The number of halogens is 2. The summed E-state index contributed by atoms with van der Waals surface area (Å²) in [5.41, 5.74) is 1.24. The van der Waals surface area contributed by atoms with Crippen LogP contribution >= 0.6 is 11.8 Å². The Morgan fingerprint density at radius 2 is 1.91 bits per heavy atom. The molecule has 0 spiro atoms. The van der Waals surface area contributed by atoms with Gasteiger partial charge in [0.2, 0.25) is 5.91 Å². The highest BCUT2D eigenvalue weighted by molar-refractivity contribution is 8.14. The molecule has 1 aromatic heterocycles. The minimum atomic E-state index is -0.879. The van der Waals surface area contributed by atoms with E-state index in [4.69, 9.17) is 0 Å². The number of nitrogens with zero attached hydrogens (tertiary/aromatic N) is 3. The van der Waals surface area contributed by atoms with Gasteiger partial charge in [0.25, 0.3) is 11.1 Å². The van der Waals surface area contributed by atoms with Crippen molar-refractivity contribution in [2.75, 3.05) is 10.7 Å².